The van der Waals surface area contributed by atoms with Crippen LogP contribution in [0.4, 0.5) is 5.82 Å². The highest BCUT2D eigenvalue weighted by Crippen LogP contribution is 2.29. The van der Waals surface area contributed by atoms with E-state index in [2.05, 4.69) is 55.1 Å². The molecule has 8 heteroatoms. The van der Waals surface area contributed by atoms with Crippen LogP contribution < -0.4 is 4.90 Å². The molecule has 0 saturated carbocycles. The average molecular weight is 425 g/mol. The molecule has 7 nitrogen and oxygen atoms in total. The van der Waals surface area contributed by atoms with Crippen molar-refractivity contribution in [1.29, 1.82) is 0 Å². The summed E-state index contributed by atoms with van der Waals surface area (Å²) in [6, 6.07) is 8.43. The van der Waals surface area contributed by atoms with Gasteiger partial charge in [-0.15, -0.1) is 0 Å². The summed E-state index contributed by atoms with van der Waals surface area (Å²) in [5.74, 6) is 1.81. The Morgan fingerprint density at radius 2 is 1.93 bits per heavy atom. The maximum Gasteiger partial charge on any atom is 0.251 e. The van der Waals surface area contributed by atoms with Gasteiger partial charge in [-0.25, -0.2) is 9.98 Å². The fourth-order valence-corrected chi connectivity index (χ4v) is 4.82. The summed E-state index contributed by atoms with van der Waals surface area (Å²) in [6.45, 7) is 13.4. The van der Waals surface area contributed by atoms with Crippen molar-refractivity contribution in [3.63, 3.8) is 0 Å². The maximum absolute atomic E-state index is 12.7. The van der Waals surface area contributed by atoms with E-state index in [4.69, 9.17) is 0 Å². The van der Waals surface area contributed by atoms with Crippen LogP contribution in [0.3, 0.4) is 0 Å². The summed E-state index contributed by atoms with van der Waals surface area (Å²) in [5.41, 5.74) is 1.56. The molecule has 2 aromatic rings. The molecule has 2 aliphatic heterocycles. The molecule has 1 aromatic carbocycles. The Bertz CT molecular complexity index is 1000. The summed E-state index contributed by atoms with van der Waals surface area (Å²) in [7, 11) is 0. The third-order valence-corrected chi connectivity index (χ3v) is 6.72. The van der Waals surface area contributed by atoms with Crippen molar-refractivity contribution in [2.24, 2.45) is 9.98 Å². The van der Waals surface area contributed by atoms with Crippen LogP contribution in [0.2, 0.25) is 0 Å². The minimum absolute atomic E-state index is 0.0874. The lowest BCUT2D eigenvalue weighted by Gasteiger charge is -2.36. The predicted octanol–water partition coefficient (Wildman–Crippen LogP) is 3.04. The zero-order valence-electron chi connectivity index (χ0n) is 17.7. The Morgan fingerprint density at radius 1 is 1.17 bits per heavy atom. The number of amides is 1. The number of amidine groups is 1. The first kappa shape index (κ1) is 20.7. The summed E-state index contributed by atoms with van der Waals surface area (Å²) >= 11 is 1.57. The van der Waals surface area contributed by atoms with Crippen molar-refractivity contribution in [1.82, 2.24) is 14.2 Å². The number of aromatic nitrogens is 1. The van der Waals surface area contributed by atoms with E-state index in [0.29, 0.717) is 12.4 Å². The Balaban J connectivity index is 1.30. The highest BCUT2D eigenvalue weighted by Gasteiger charge is 2.26. The molecule has 0 unspecified atom stereocenters. The van der Waals surface area contributed by atoms with Crippen molar-refractivity contribution in [3.8, 4) is 0 Å². The molecular formula is C22H28N6OS. The second kappa shape index (κ2) is 9.06. The van der Waals surface area contributed by atoms with E-state index in [1.54, 1.807) is 18.5 Å². The lowest BCUT2D eigenvalue weighted by Crippen LogP contribution is -2.49. The minimum Gasteiger partial charge on any atom is -0.353 e. The summed E-state index contributed by atoms with van der Waals surface area (Å²) in [4.78, 5) is 27.8. The van der Waals surface area contributed by atoms with Gasteiger partial charge in [0.1, 0.15) is 11.7 Å². The van der Waals surface area contributed by atoms with Crippen LogP contribution >= 0.6 is 11.5 Å². The van der Waals surface area contributed by atoms with Gasteiger partial charge < -0.3 is 9.80 Å². The molecule has 1 aromatic heterocycles. The number of hydrogen-bond acceptors (Lipinski definition) is 6. The van der Waals surface area contributed by atoms with Gasteiger partial charge in [0.05, 0.1) is 10.4 Å². The molecule has 0 bridgehead atoms. The number of nitrogens with zero attached hydrogens (tertiary/aromatic N) is 6. The molecular weight excluding hydrogens is 396 g/mol. The van der Waals surface area contributed by atoms with Gasteiger partial charge in [0.25, 0.3) is 5.91 Å². The maximum atomic E-state index is 12.7. The molecule has 0 N–H and O–H groups in total. The van der Waals surface area contributed by atoms with E-state index in [9.17, 15) is 4.79 Å². The molecule has 158 valence electrons. The highest BCUT2D eigenvalue weighted by atomic mass is 32.1. The van der Waals surface area contributed by atoms with Crippen molar-refractivity contribution >= 4 is 45.9 Å². The highest BCUT2D eigenvalue weighted by molar-refractivity contribution is 7.13. The Hall–Kier alpha value is -2.58. The molecule has 0 atom stereocenters. The van der Waals surface area contributed by atoms with E-state index in [1.807, 2.05) is 11.8 Å². The second-order valence-electron chi connectivity index (χ2n) is 7.76. The molecule has 1 fully saturated rings. The van der Waals surface area contributed by atoms with Crippen LogP contribution in [0.15, 0.2) is 45.5 Å². The van der Waals surface area contributed by atoms with Gasteiger partial charge in [-0.1, -0.05) is 12.1 Å². The number of fused-ring (bicyclic) bond motifs is 1. The Kier molecular flexibility index (Phi) is 6.24. The fraction of sp³-hybridized carbons (Fsp3) is 0.455. The monoisotopic (exact) mass is 424 g/mol. The standard InChI is InChI=1S/C22H28N6OS/c1-16-19(24-17(2)23-3)8-9-28(22(16)29)15-12-26-10-13-27(14-11-26)21-18-6-4-5-7-20(18)30-25-21/h4-7H,3,8-15H2,1-2H3/b24-17-. The van der Waals surface area contributed by atoms with Gasteiger partial charge in [-0.3, -0.25) is 9.69 Å². The quantitative estimate of drug-likeness (QED) is 0.547. The van der Waals surface area contributed by atoms with E-state index >= 15 is 0 Å². The number of anilines is 1. The largest absolute Gasteiger partial charge is 0.353 e. The van der Waals surface area contributed by atoms with E-state index in [1.165, 1.54) is 10.1 Å². The van der Waals surface area contributed by atoms with Gasteiger partial charge in [0.15, 0.2) is 0 Å². The van der Waals surface area contributed by atoms with Crippen LogP contribution in [0.25, 0.3) is 10.1 Å². The van der Waals surface area contributed by atoms with Crippen LogP contribution in [0.5, 0.6) is 0 Å². The van der Waals surface area contributed by atoms with Crippen molar-refractivity contribution in [2.75, 3.05) is 50.7 Å². The SMILES string of the molecule is C=N/C(C)=N\C1=C(C)C(=O)N(CCN2CCN(c3nsc4ccccc34)CC2)CC1. The number of benzene rings is 1. The van der Waals surface area contributed by atoms with Crippen molar-refractivity contribution < 1.29 is 4.79 Å². The summed E-state index contributed by atoms with van der Waals surface area (Å²) < 4.78 is 5.93. The average Bonchev–Trinajstić information content (AvgIpc) is 3.21. The molecule has 1 saturated heterocycles. The first-order valence-electron chi connectivity index (χ1n) is 10.4. The van der Waals surface area contributed by atoms with Crippen LogP contribution in [-0.4, -0.2) is 78.4 Å². The third-order valence-electron chi connectivity index (χ3n) is 5.90. The van der Waals surface area contributed by atoms with Crippen LogP contribution in [-0.2, 0) is 4.79 Å². The molecule has 1 amide bonds. The van der Waals surface area contributed by atoms with Gasteiger partial charge in [0.2, 0.25) is 0 Å². The first-order valence-corrected chi connectivity index (χ1v) is 11.2. The summed E-state index contributed by atoms with van der Waals surface area (Å²) in [6.07, 6.45) is 0.773. The lowest BCUT2D eigenvalue weighted by atomic mass is 10.1. The number of carbonyl (C=O) groups is 1. The third kappa shape index (κ3) is 4.29. The Labute approximate surface area is 181 Å². The fourth-order valence-electron chi connectivity index (χ4n) is 4.02. The molecule has 0 spiro atoms. The van der Waals surface area contributed by atoms with Gasteiger partial charge in [-0.05, 0) is 44.2 Å². The number of hydrogen-bond donors (Lipinski definition) is 0. The smallest absolute Gasteiger partial charge is 0.251 e. The number of rotatable bonds is 5. The van der Waals surface area contributed by atoms with Crippen molar-refractivity contribution in [3.05, 3.63) is 35.5 Å². The zero-order chi connectivity index (χ0) is 21.1. The molecule has 3 heterocycles. The molecule has 0 aliphatic carbocycles. The molecule has 30 heavy (non-hydrogen) atoms. The van der Waals surface area contributed by atoms with Crippen molar-refractivity contribution in [2.45, 2.75) is 20.3 Å². The molecule has 0 radical (unpaired) electrons. The van der Waals surface area contributed by atoms with Gasteiger partial charge in [0, 0.05) is 63.2 Å². The van der Waals surface area contributed by atoms with E-state index < -0.39 is 0 Å². The predicted molar refractivity (Wildman–Crippen MR) is 125 cm³/mol. The lowest BCUT2D eigenvalue weighted by molar-refractivity contribution is -0.128. The van der Waals surface area contributed by atoms with Crippen LogP contribution in [0.1, 0.15) is 20.3 Å². The summed E-state index contributed by atoms with van der Waals surface area (Å²) in [5, 5.41) is 1.25. The van der Waals surface area contributed by atoms with E-state index in [-0.39, 0.29) is 5.91 Å². The van der Waals surface area contributed by atoms with E-state index in [0.717, 1.165) is 62.8 Å². The van der Waals surface area contributed by atoms with Crippen LogP contribution in [0, 0.1) is 0 Å². The minimum atomic E-state index is 0.0874. The Morgan fingerprint density at radius 3 is 2.70 bits per heavy atom. The number of carbonyl (C=O) groups excluding carboxylic acids is 1. The number of piperazine rings is 1. The zero-order valence-corrected chi connectivity index (χ0v) is 18.5. The number of aliphatic imine (C=N–C) groups is 2. The van der Waals surface area contributed by atoms with Gasteiger partial charge in [-0.2, -0.15) is 4.37 Å². The van der Waals surface area contributed by atoms with Gasteiger partial charge >= 0.3 is 0 Å². The molecule has 4 rings (SSSR count). The topological polar surface area (TPSA) is 64.4 Å². The first-order chi connectivity index (χ1) is 14.6. The molecule has 2 aliphatic rings. The normalized spacial score (nSPS) is 19.1. The second-order valence-corrected chi connectivity index (χ2v) is 8.57.